The van der Waals surface area contributed by atoms with Crippen LogP contribution in [0.15, 0.2) is 30.3 Å². The summed E-state index contributed by atoms with van der Waals surface area (Å²) in [5, 5.41) is 11.4. The van der Waals surface area contributed by atoms with Gasteiger partial charge in [-0.2, -0.15) is 0 Å². The van der Waals surface area contributed by atoms with E-state index in [1.54, 1.807) is 0 Å². The van der Waals surface area contributed by atoms with E-state index >= 15 is 0 Å². The smallest absolute Gasteiger partial charge is 0.303 e. The van der Waals surface area contributed by atoms with Crippen molar-refractivity contribution in [2.24, 2.45) is 0 Å². The molecule has 4 heteroatoms. The van der Waals surface area contributed by atoms with Crippen LogP contribution in [0.5, 0.6) is 0 Å². The first kappa shape index (κ1) is 12.6. The van der Waals surface area contributed by atoms with Crippen molar-refractivity contribution in [3.8, 4) is 0 Å². The van der Waals surface area contributed by atoms with Crippen LogP contribution < -0.4 is 5.32 Å². The maximum atomic E-state index is 12.1. The zero-order chi connectivity index (χ0) is 13.0. The lowest BCUT2D eigenvalue weighted by molar-refractivity contribution is -0.137. The summed E-state index contributed by atoms with van der Waals surface area (Å²) in [4.78, 5) is 22.5. The Hall–Kier alpha value is -1.84. The summed E-state index contributed by atoms with van der Waals surface area (Å²) in [6.07, 6.45) is 2.33. The van der Waals surface area contributed by atoms with Crippen LogP contribution in [0.25, 0.3) is 0 Å². The lowest BCUT2D eigenvalue weighted by Gasteiger charge is -2.15. The van der Waals surface area contributed by atoms with E-state index in [4.69, 9.17) is 5.11 Å². The third kappa shape index (κ3) is 2.70. The van der Waals surface area contributed by atoms with E-state index in [0.717, 1.165) is 18.4 Å². The summed E-state index contributed by atoms with van der Waals surface area (Å²) in [6, 6.07) is 9.76. The van der Waals surface area contributed by atoms with Crippen LogP contribution >= 0.6 is 0 Å². The summed E-state index contributed by atoms with van der Waals surface area (Å²) in [5.41, 5.74) is 0.700. The van der Waals surface area contributed by atoms with Gasteiger partial charge < -0.3 is 10.4 Å². The summed E-state index contributed by atoms with van der Waals surface area (Å²) in [5.74, 6) is -0.799. The first-order chi connectivity index (χ1) is 8.65. The van der Waals surface area contributed by atoms with Crippen molar-refractivity contribution >= 4 is 11.9 Å². The zero-order valence-corrected chi connectivity index (χ0v) is 10.2. The molecular formula is C14H17NO3. The molecule has 0 radical (unpaired) electrons. The summed E-state index contributed by atoms with van der Waals surface area (Å²) >= 11 is 0. The van der Waals surface area contributed by atoms with Gasteiger partial charge in [0, 0.05) is 13.0 Å². The number of hydrogen-bond donors (Lipinski definition) is 2. The van der Waals surface area contributed by atoms with Crippen LogP contribution in [0.3, 0.4) is 0 Å². The Morgan fingerprint density at radius 2 is 1.89 bits per heavy atom. The van der Waals surface area contributed by atoms with Crippen LogP contribution in [-0.4, -0.2) is 23.5 Å². The third-order valence-electron chi connectivity index (χ3n) is 3.36. The molecule has 1 fully saturated rings. The maximum Gasteiger partial charge on any atom is 0.303 e. The molecule has 0 unspecified atom stereocenters. The first-order valence-electron chi connectivity index (χ1n) is 6.21. The summed E-state index contributed by atoms with van der Waals surface area (Å²) in [7, 11) is 0. The number of amides is 1. The van der Waals surface area contributed by atoms with E-state index in [2.05, 4.69) is 5.32 Å². The van der Waals surface area contributed by atoms with Gasteiger partial charge in [-0.05, 0) is 24.8 Å². The van der Waals surface area contributed by atoms with Crippen molar-refractivity contribution in [3.63, 3.8) is 0 Å². The Bertz CT molecular complexity index is 438. The Morgan fingerprint density at radius 3 is 2.44 bits per heavy atom. The second-order valence-electron chi connectivity index (χ2n) is 4.70. The average molecular weight is 247 g/mol. The quantitative estimate of drug-likeness (QED) is 0.752. The lowest BCUT2D eigenvalue weighted by atomic mass is 9.95. The van der Waals surface area contributed by atoms with Crippen LogP contribution in [0.2, 0.25) is 0 Å². The molecule has 96 valence electrons. The number of carbonyl (C=O) groups is 2. The SMILES string of the molecule is O=C(O)CCCNC(=O)C1(c2ccccc2)CC1. The van der Waals surface area contributed by atoms with Gasteiger partial charge in [0.2, 0.25) is 5.91 Å². The highest BCUT2D eigenvalue weighted by molar-refractivity contribution is 5.91. The number of aliphatic carboxylic acids is 1. The summed E-state index contributed by atoms with van der Waals surface area (Å²) in [6.45, 7) is 0.430. The number of carboxylic acid groups (broad SMARTS) is 1. The fraction of sp³-hybridized carbons (Fsp3) is 0.429. The van der Waals surface area contributed by atoms with Crippen LogP contribution in [0, 0.1) is 0 Å². The predicted molar refractivity (Wildman–Crippen MR) is 67.2 cm³/mol. The molecule has 4 nitrogen and oxygen atoms in total. The summed E-state index contributed by atoms with van der Waals surface area (Å²) < 4.78 is 0. The number of nitrogens with one attached hydrogen (secondary N) is 1. The van der Waals surface area contributed by atoms with Gasteiger partial charge in [-0.25, -0.2) is 0 Å². The fourth-order valence-corrected chi connectivity index (χ4v) is 2.14. The number of carboxylic acids is 1. The molecule has 2 rings (SSSR count). The van der Waals surface area contributed by atoms with Crippen molar-refractivity contribution in [1.29, 1.82) is 0 Å². The van der Waals surface area contributed by atoms with E-state index < -0.39 is 5.97 Å². The molecule has 0 aromatic heterocycles. The Kier molecular flexibility index (Phi) is 3.65. The van der Waals surface area contributed by atoms with Crippen LogP contribution in [0.4, 0.5) is 0 Å². The van der Waals surface area contributed by atoms with E-state index in [0.29, 0.717) is 13.0 Å². The van der Waals surface area contributed by atoms with Gasteiger partial charge in [0.15, 0.2) is 0 Å². The monoisotopic (exact) mass is 247 g/mol. The molecular weight excluding hydrogens is 230 g/mol. The van der Waals surface area contributed by atoms with Gasteiger partial charge >= 0.3 is 5.97 Å². The Morgan fingerprint density at radius 1 is 1.22 bits per heavy atom. The average Bonchev–Trinajstić information content (AvgIpc) is 3.17. The van der Waals surface area contributed by atoms with Gasteiger partial charge in [-0.1, -0.05) is 30.3 Å². The second-order valence-corrected chi connectivity index (χ2v) is 4.70. The van der Waals surface area contributed by atoms with Crippen LogP contribution in [0.1, 0.15) is 31.2 Å². The highest BCUT2D eigenvalue weighted by atomic mass is 16.4. The van der Waals surface area contributed by atoms with Crippen molar-refractivity contribution in [1.82, 2.24) is 5.32 Å². The van der Waals surface area contributed by atoms with E-state index in [9.17, 15) is 9.59 Å². The normalized spacial score (nSPS) is 16.0. The molecule has 0 heterocycles. The molecule has 1 aliphatic rings. The zero-order valence-electron chi connectivity index (χ0n) is 10.2. The molecule has 0 spiro atoms. The number of benzene rings is 1. The predicted octanol–water partition coefficient (Wildman–Crippen LogP) is 1.70. The van der Waals surface area contributed by atoms with E-state index in [1.807, 2.05) is 30.3 Å². The number of hydrogen-bond acceptors (Lipinski definition) is 2. The standard InChI is InChI=1S/C14H17NO3/c16-12(17)7-4-10-15-13(18)14(8-9-14)11-5-2-1-3-6-11/h1-3,5-6H,4,7-10H2,(H,15,18)(H,16,17). The largest absolute Gasteiger partial charge is 0.481 e. The topological polar surface area (TPSA) is 66.4 Å². The Balaban J connectivity index is 1.88. The van der Waals surface area contributed by atoms with Crippen LogP contribution in [-0.2, 0) is 15.0 Å². The second kappa shape index (κ2) is 5.21. The molecule has 1 aromatic carbocycles. The minimum absolute atomic E-state index is 0.0269. The number of carbonyl (C=O) groups excluding carboxylic acids is 1. The first-order valence-corrected chi connectivity index (χ1v) is 6.21. The molecule has 2 N–H and O–H groups in total. The minimum Gasteiger partial charge on any atom is -0.481 e. The highest BCUT2D eigenvalue weighted by Crippen LogP contribution is 2.48. The lowest BCUT2D eigenvalue weighted by Crippen LogP contribution is -2.35. The van der Waals surface area contributed by atoms with Crippen molar-refractivity contribution in [2.75, 3.05) is 6.54 Å². The van der Waals surface area contributed by atoms with Crippen molar-refractivity contribution in [2.45, 2.75) is 31.1 Å². The Labute approximate surface area is 106 Å². The van der Waals surface area contributed by atoms with Gasteiger partial charge in [0.1, 0.15) is 0 Å². The number of rotatable bonds is 6. The third-order valence-corrected chi connectivity index (χ3v) is 3.36. The molecule has 1 aliphatic carbocycles. The van der Waals surface area contributed by atoms with Gasteiger partial charge in [0.25, 0.3) is 0 Å². The van der Waals surface area contributed by atoms with Gasteiger partial charge in [-0.15, -0.1) is 0 Å². The molecule has 0 aliphatic heterocycles. The molecule has 1 amide bonds. The molecule has 1 aromatic rings. The molecule has 1 saturated carbocycles. The molecule has 0 saturated heterocycles. The van der Waals surface area contributed by atoms with Gasteiger partial charge in [0.05, 0.1) is 5.41 Å². The highest BCUT2D eigenvalue weighted by Gasteiger charge is 2.50. The van der Waals surface area contributed by atoms with Crippen molar-refractivity contribution in [3.05, 3.63) is 35.9 Å². The molecule has 0 atom stereocenters. The molecule has 0 bridgehead atoms. The fourth-order valence-electron chi connectivity index (χ4n) is 2.14. The van der Waals surface area contributed by atoms with Gasteiger partial charge in [-0.3, -0.25) is 9.59 Å². The maximum absolute atomic E-state index is 12.1. The van der Waals surface area contributed by atoms with E-state index in [1.165, 1.54) is 0 Å². The van der Waals surface area contributed by atoms with E-state index in [-0.39, 0.29) is 17.7 Å². The van der Waals surface area contributed by atoms with Crippen molar-refractivity contribution < 1.29 is 14.7 Å². The molecule has 18 heavy (non-hydrogen) atoms. The minimum atomic E-state index is -0.826.